The highest BCUT2D eigenvalue weighted by Gasteiger charge is 2.07. The summed E-state index contributed by atoms with van der Waals surface area (Å²) in [6.45, 7) is 4.19. The van der Waals surface area contributed by atoms with Gasteiger partial charge in [0.1, 0.15) is 5.75 Å². The van der Waals surface area contributed by atoms with Crippen molar-refractivity contribution < 1.29 is 4.74 Å². The number of benzene rings is 1. The average molecular weight is 216 g/mol. The average Bonchev–Trinajstić information content (AvgIpc) is 2.83. The fraction of sp³-hybridized carbons (Fsp3) is 0.308. The quantitative estimate of drug-likeness (QED) is 0.785. The van der Waals surface area contributed by atoms with Gasteiger partial charge < -0.3 is 9.30 Å². The zero-order valence-corrected chi connectivity index (χ0v) is 9.63. The molecule has 1 atom stereocenters. The van der Waals surface area contributed by atoms with Crippen molar-refractivity contribution in [2.24, 2.45) is 0 Å². The Labute approximate surface area is 95.7 Å². The van der Waals surface area contributed by atoms with Crippen molar-refractivity contribution in [1.29, 1.82) is 0 Å². The second-order valence-corrected chi connectivity index (χ2v) is 3.77. The van der Waals surface area contributed by atoms with Gasteiger partial charge >= 0.3 is 0 Å². The zero-order chi connectivity index (χ0) is 11.4. The van der Waals surface area contributed by atoms with Crippen LogP contribution in [-0.2, 0) is 0 Å². The normalized spacial score (nSPS) is 12.4. The van der Waals surface area contributed by atoms with Gasteiger partial charge in [-0.25, -0.2) is 4.98 Å². The second-order valence-electron chi connectivity index (χ2n) is 3.77. The van der Waals surface area contributed by atoms with Gasteiger partial charge in [-0.2, -0.15) is 0 Å². The molecule has 1 aromatic carbocycles. The predicted molar refractivity (Wildman–Crippen MR) is 63.9 cm³/mol. The molecule has 84 valence electrons. The van der Waals surface area contributed by atoms with Crippen molar-refractivity contribution in [3.63, 3.8) is 0 Å². The van der Waals surface area contributed by atoms with Crippen LogP contribution in [0.25, 0.3) is 5.69 Å². The summed E-state index contributed by atoms with van der Waals surface area (Å²) in [5.74, 6) is 0.898. The van der Waals surface area contributed by atoms with E-state index in [1.165, 1.54) is 0 Å². The fourth-order valence-corrected chi connectivity index (χ4v) is 1.47. The summed E-state index contributed by atoms with van der Waals surface area (Å²) < 4.78 is 7.83. The van der Waals surface area contributed by atoms with Crippen LogP contribution in [0.3, 0.4) is 0 Å². The molecule has 1 aromatic heterocycles. The maximum absolute atomic E-state index is 5.87. The Balaban J connectivity index is 2.31. The SMILES string of the molecule is CCC(C)Oc1ccccc1-n1ccnc1. The lowest BCUT2D eigenvalue weighted by Gasteiger charge is -2.16. The van der Waals surface area contributed by atoms with Crippen LogP contribution in [0, 0.1) is 0 Å². The molecular formula is C13H16N2O. The standard InChI is InChI=1S/C13H16N2O/c1-3-11(2)16-13-7-5-4-6-12(13)15-9-8-14-10-15/h4-11H,3H2,1-2H3. The van der Waals surface area contributed by atoms with Gasteiger partial charge in [-0.1, -0.05) is 19.1 Å². The molecule has 3 heteroatoms. The first-order valence-corrected chi connectivity index (χ1v) is 5.55. The maximum atomic E-state index is 5.87. The van der Waals surface area contributed by atoms with E-state index in [1.54, 1.807) is 12.5 Å². The summed E-state index contributed by atoms with van der Waals surface area (Å²) in [5.41, 5.74) is 1.03. The largest absolute Gasteiger partial charge is 0.489 e. The summed E-state index contributed by atoms with van der Waals surface area (Å²) in [6.07, 6.45) is 6.68. The molecule has 0 aliphatic heterocycles. The molecule has 0 bridgehead atoms. The first-order valence-electron chi connectivity index (χ1n) is 5.55. The molecule has 0 aliphatic rings. The van der Waals surface area contributed by atoms with Crippen LogP contribution in [0.1, 0.15) is 20.3 Å². The number of para-hydroxylation sites is 2. The predicted octanol–water partition coefficient (Wildman–Crippen LogP) is 3.05. The molecule has 0 saturated heterocycles. The Bertz CT molecular complexity index is 437. The van der Waals surface area contributed by atoms with E-state index in [2.05, 4.69) is 18.8 Å². The second kappa shape index (κ2) is 4.84. The van der Waals surface area contributed by atoms with Gasteiger partial charge in [0.25, 0.3) is 0 Å². The highest BCUT2D eigenvalue weighted by molar-refractivity contribution is 5.46. The van der Waals surface area contributed by atoms with E-state index in [-0.39, 0.29) is 6.10 Å². The van der Waals surface area contributed by atoms with Crippen molar-refractivity contribution in [1.82, 2.24) is 9.55 Å². The van der Waals surface area contributed by atoms with Crippen molar-refractivity contribution in [2.75, 3.05) is 0 Å². The maximum Gasteiger partial charge on any atom is 0.143 e. The number of rotatable bonds is 4. The van der Waals surface area contributed by atoms with Gasteiger partial charge in [0.2, 0.25) is 0 Å². The summed E-state index contributed by atoms with van der Waals surface area (Å²) in [7, 11) is 0. The molecule has 0 saturated carbocycles. The van der Waals surface area contributed by atoms with E-state index < -0.39 is 0 Å². The molecule has 3 nitrogen and oxygen atoms in total. The topological polar surface area (TPSA) is 27.1 Å². The highest BCUT2D eigenvalue weighted by atomic mass is 16.5. The van der Waals surface area contributed by atoms with E-state index in [0.29, 0.717) is 0 Å². The number of ether oxygens (including phenoxy) is 1. The van der Waals surface area contributed by atoms with Crippen molar-refractivity contribution in [2.45, 2.75) is 26.4 Å². The van der Waals surface area contributed by atoms with Gasteiger partial charge in [0.05, 0.1) is 18.1 Å². The molecule has 1 heterocycles. The van der Waals surface area contributed by atoms with Crippen LogP contribution in [0.2, 0.25) is 0 Å². The van der Waals surface area contributed by atoms with Gasteiger partial charge in [-0.05, 0) is 25.5 Å². The summed E-state index contributed by atoms with van der Waals surface area (Å²) in [6, 6.07) is 8.00. The Morgan fingerprint density at radius 2 is 2.19 bits per heavy atom. The molecule has 0 radical (unpaired) electrons. The Hall–Kier alpha value is -1.77. The van der Waals surface area contributed by atoms with Gasteiger partial charge in [0.15, 0.2) is 0 Å². The van der Waals surface area contributed by atoms with Crippen LogP contribution >= 0.6 is 0 Å². The Morgan fingerprint density at radius 1 is 1.38 bits per heavy atom. The van der Waals surface area contributed by atoms with E-state index in [4.69, 9.17) is 4.74 Å². The summed E-state index contributed by atoms with van der Waals surface area (Å²) >= 11 is 0. The van der Waals surface area contributed by atoms with E-state index in [0.717, 1.165) is 17.9 Å². The van der Waals surface area contributed by atoms with Crippen LogP contribution in [0.4, 0.5) is 0 Å². The number of aromatic nitrogens is 2. The molecule has 2 aromatic rings. The van der Waals surface area contributed by atoms with Crippen LogP contribution < -0.4 is 4.74 Å². The van der Waals surface area contributed by atoms with E-state index >= 15 is 0 Å². The monoisotopic (exact) mass is 216 g/mol. The third-order valence-corrected chi connectivity index (χ3v) is 2.55. The number of hydrogen-bond acceptors (Lipinski definition) is 2. The van der Waals surface area contributed by atoms with Gasteiger partial charge in [-0.3, -0.25) is 0 Å². The van der Waals surface area contributed by atoms with Crippen molar-refractivity contribution in [3.05, 3.63) is 43.0 Å². The lowest BCUT2D eigenvalue weighted by atomic mass is 10.2. The van der Waals surface area contributed by atoms with E-state index in [9.17, 15) is 0 Å². The zero-order valence-electron chi connectivity index (χ0n) is 9.63. The van der Waals surface area contributed by atoms with Gasteiger partial charge in [-0.15, -0.1) is 0 Å². The number of imidazole rings is 1. The fourth-order valence-electron chi connectivity index (χ4n) is 1.47. The number of nitrogens with zero attached hydrogens (tertiary/aromatic N) is 2. The van der Waals surface area contributed by atoms with Crippen molar-refractivity contribution in [3.8, 4) is 11.4 Å². The molecule has 1 unspecified atom stereocenters. The molecule has 0 fully saturated rings. The minimum atomic E-state index is 0.227. The van der Waals surface area contributed by atoms with Crippen molar-refractivity contribution >= 4 is 0 Å². The molecule has 0 aliphatic carbocycles. The number of hydrogen-bond donors (Lipinski definition) is 0. The Morgan fingerprint density at radius 3 is 2.88 bits per heavy atom. The molecule has 16 heavy (non-hydrogen) atoms. The molecular weight excluding hydrogens is 200 g/mol. The Kier molecular flexibility index (Phi) is 3.25. The van der Waals surface area contributed by atoms with E-state index in [1.807, 2.05) is 35.0 Å². The molecule has 0 spiro atoms. The summed E-state index contributed by atoms with van der Waals surface area (Å²) in [5, 5.41) is 0. The van der Waals surface area contributed by atoms with Gasteiger partial charge in [0, 0.05) is 12.4 Å². The molecule has 0 amide bonds. The lowest BCUT2D eigenvalue weighted by Crippen LogP contribution is -2.11. The first kappa shape index (κ1) is 10.7. The smallest absolute Gasteiger partial charge is 0.143 e. The molecule has 0 N–H and O–H groups in total. The highest BCUT2D eigenvalue weighted by Crippen LogP contribution is 2.23. The summed E-state index contributed by atoms with van der Waals surface area (Å²) in [4.78, 5) is 4.05. The third kappa shape index (κ3) is 2.24. The molecule has 2 rings (SSSR count). The first-order chi connectivity index (χ1) is 7.81. The van der Waals surface area contributed by atoms with Crippen LogP contribution in [0.5, 0.6) is 5.75 Å². The van der Waals surface area contributed by atoms with Crippen LogP contribution in [0.15, 0.2) is 43.0 Å². The minimum Gasteiger partial charge on any atom is -0.489 e. The lowest BCUT2D eigenvalue weighted by molar-refractivity contribution is 0.217. The van der Waals surface area contributed by atoms with Crippen LogP contribution in [-0.4, -0.2) is 15.7 Å². The minimum absolute atomic E-state index is 0.227. The third-order valence-electron chi connectivity index (χ3n) is 2.55.